The van der Waals surface area contributed by atoms with Gasteiger partial charge in [-0.25, -0.2) is 8.42 Å². The fourth-order valence-corrected chi connectivity index (χ4v) is 3.97. The summed E-state index contributed by atoms with van der Waals surface area (Å²) in [5.74, 6) is 0.259. The second-order valence-corrected chi connectivity index (χ2v) is 7.63. The Bertz CT molecular complexity index is 583. The number of methoxy groups -OCH3 is 1. The van der Waals surface area contributed by atoms with E-state index >= 15 is 0 Å². The van der Waals surface area contributed by atoms with Crippen LogP contribution in [0.3, 0.4) is 0 Å². The molecular weight excluding hydrogens is 290 g/mol. The highest BCUT2D eigenvalue weighted by atomic mass is 32.2. The molecular formula is C15H21NO4S. The molecule has 1 aliphatic heterocycles. The van der Waals surface area contributed by atoms with E-state index in [1.165, 1.54) is 7.11 Å². The third-order valence-electron chi connectivity index (χ3n) is 3.82. The summed E-state index contributed by atoms with van der Waals surface area (Å²) in [7, 11) is -1.45. The summed E-state index contributed by atoms with van der Waals surface area (Å²) in [5, 5.41) is 3.39. The minimum atomic E-state index is -2.83. The zero-order chi connectivity index (χ0) is 15.3. The fourth-order valence-electron chi connectivity index (χ4n) is 2.48. The van der Waals surface area contributed by atoms with Gasteiger partial charge in [-0.15, -0.1) is 0 Å². The van der Waals surface area contributed by atoms with Crippen LogP contribution in [-0.4, -0.2) is 39.0 Å². The van der Waals surface area contributed by atoms with E-state index in [0.29, 0.717) is 19.4 Å². The summed E-state index contributed by atoms with van der Waals surface area (Å²) in [4.78, 5) is 11.4. The second-order valence-electron chi connectivity index (χ2n) is 5.33. The van der Waals surface area contributed by atoms with Gasteiger partial charge in [-0.2, -0.15) is 0 Å². The molecule has 0 aliphatic carbocycles. The van der Waals surface area contributed by atoms with Crippen LogP contribution in [0.5, 0.6) is 0 Å². The molecule has 5 nitrogen and oxygen atoms in total. The van der Waals surface area contributed by atoms with Gasteiger partial charge >= 0.3 is 5.97 Å². The smallest absolute Gasteiger partial charge is 0.309 e. The maximum atomic E-state index is 11.4. The summed E-state index contributed by atoms with van der Waals surface area (Å²) in [6.45, 7) is 0.637. The van der Waals surface area contributed by atoms with Gasteiger partial charge in [0.1, 0.15) is 9.84 Å². The summed E-state index contributed by atoms with van der Waals surface area (Å²) < 4.78 is 27.5. The highest BCUT2D eigenvalue weighted by Crippen LogP contribution is 2.15. The van der Waals surface area contributed by atoms with E-state index in [4.69, 9.17) is 4.74 Å². The van der Waals surface area contributed by atoms with Gasteiger partial charge < -0.3 is 10.1 Å². The van der Waals surface area contributed by atoms with Gasteiger partial charge in [-0.3, -0.25) is 4.79 Å². The number of hydrogen-bond acceptors (Lipinski definition) is 5. The molecule has 1 fully saturated rings. The molecule has 1 aromatic rings. The largest absolute Gasteiger partial charge is 0.469 e. The molecule has 0 unspecified atom stereocenters. The van der Waals surface area contributed by atoms with E-state index in [1.54, 1.807) is 0 Å². The molecule has 2 rings (SSSR count). The molecule has 1 aromatic carbocycles. The maximum Gasteiger partial charge on any atom is 0.309 e. The number of sulfone groups is 1. The number of carbonyl (C=O) groups excluding carboxylic acids is 1. The molecule has 1 heterocycles. The van der Waals surface area contributed by atoms with E-state index in [-0.39, 0.29) is 29.9 Å². The van der Waals surface area contributed by atoms with Crippen molar-refractivity contribution in [2.45, 2.75) is 31.8 Å². The average molecular weight is 311 g/mol. The second kappa shape index (κ2) is 7.04. The van der Waals surface area contributed by atoms with Crippen molar-refractivity contribution in [1.29, 1.82) is 0 Å². The van der Waals surface area contributed by atoms with Crippen LogP contribution in [0.4, 0.5) is 0 Å². The van der Waals surface area contributed by atoms with Crippen LogP contribution in [0.25, 0.3) is 0 Å². The molecule has 0 saturated carbocycles. The third kappa shape index (κ3) is 4.82. The van der Waals surface area contributed by atoms with E-state index < -0.39 is 9.84 Å². The van der Waals surface area contributed by atoms with Gasteiger partial charge in [0.15, 0.2) is 0 Å². The zero-order valence-electron chi connectivity index (χ0n) is 12.2. The van der Waals surface area contributed by atoms with Crippen molar-refractivity contribution in [2.24, 2.45) is 0 Å². The number of hydrogen-bond donors (Lipinski definition) is 1. The molecule has 1 N–H and O–H groups in total. The van der Waals surface area contributed by atoms with Crippen molar-refractivity contribution in [3.8, 4) is 0 Å². The molecule has 21 heavy (non-hydrogen) atoms. The van der Waals surface area contributed by atoms with Crippen LogP contribution >= 0.6 is 0 Å². The van der Waals surface area contributed by atoms with Gasteiger partial charge in [0, 0.05) is 12.6 Å². The van der Waals surface area contributed by atoms with Crippen molar-refractivity contribution in [3.05, 3.63) is 35.4 Å². The first-order valence-corrected chi connectivity index (χ1v) is 8.90. The minimum Gasteiger partial charge on any atom is -0.469 e. The average Bonchev–Trinajstić information content (AvgIpc) is 2.47. The first-order valence-electron chi connectivity index (χ1n) is 7.07. The molecule has 0 bridgehead atoms. The number of benzene rings is 1. The van der Waals surface area contributed by atoms with Crippen molar-refractivity contribution in [1.82, 2.24) is 5.32 Å². The summed E-state index contributed by atoms with van der Waals surface area (Å²) in [5.41, 5.74) is 2.00. The van der Waals surface area contributed by atoms with Crippen LogP contribution in [-0.2, 0) is 32.3 Å². The van der Waals surface area contributed by atoms with Crippen molar-refractivity contribution >= 4 is 15.8 Å². The lowest BCUT2D eigenvalue weighted by Crippen LogP contribution is -2.37. The quantitative estimate of drug-likeness (QED) is 0.824. The van der Waals surface area contributed by atoms with Crippen LogP contribution in [0, 0.1) is 0 Å². The third-order valence-corrected chi connectivity index (χ3v) is 5.53. The van der Waals surface area contributed by atoms with Crippen molar-refractivity contribution < 1.29 is 17.9 Å². The van der Waals surface area contributed by atoms with Gasteiger partial charge in [0.25, 0.3) is 0 Å². The Morgan fingerprint density at radius 1 is 1.24 bits per heavy atom. The highest BCUT2D eigenvalue weighted by Gasteiger charge is 2.23. The lowest BCUT2D eigenvalue weighted by atomic mass is 10.0. The summed E-state index contributed by atoms with van der Waals surface area (Å²) in [6.07, 6.45) is 1.57. The van der Waals surface area contributed by atoms with Crippen LogP contribution in [0.1, 0.15) is 24.0 Å². The molecule has 1 aliphatic rings. The van der Waals surface area contributed by atoms with Crippen LogP contribution < -0.4 is 5.32 Å². The summed E-state index contributed by atoms with van der Waals surface area (Å²) in [6, 6.07) is 7.95. The van der Waals surface area contributed by atoms with E-state index in [1.807, 2.05) is 24.3 Å². The topological polar surface area (TPSA) is 72.5 Å². The molecule has 0 spiro atoms. The van der Waals surface area contributed by atoms with E-state index in [9.17, 15) is 13.2 Å². The number of ether oxygens (including phenoxy) is 1. The summed E-state index contributed by atoms with van der Waals surface area (Å²) >= 11 is 0. The molecule has 0 atom stereocenters. The number of esters is 1. The molecule has 0 aromatic heterocycles. The number of carbonyl (C=O) groups is 1. The lowest BCUT2D eigenvalue weighted by molar-refractivity contribution is -0.139. The molecule has 6 heteroatoms. The first kappa shape index (κ1) is 16.0. The zero-order valence-corrected chi connectivity index (χ0v) is 13.0. The van der Waals surface area contributed by atoms with Gasteiger partial charge in [0.05, 0.1) is 25.0 Å². The molecule has 0 amide bonds. The van der Waals surface area contributed by atoms with Gasteiger partial charge in [0.2, 0.25) is 0 Å². The lowest BCUT2D eigenvalue weighted by Gasteiger charge is -2.23. The minimum absolute atomic E-state index is 0.222. The Morgan fingerprint density at radius 3 is 2.48 bits per heavy atom. The normalized spacial score (nSPS) is 18.3. The Balaban J connectivity index is 1.93. The van der Waals surface area contributed by atoms with Crippen molar-refractivity contribution in [2.75, 3.05) is 18.6 Å². The SMILES string of the molecule is COC(=O)Cc1ccccc1CNC1CCS(=O)(=O)CC1. The monoisotopic (exact) mass is 311 g/mol. The Kier molecular flexibility index (Phi) is 5.36. The van der Waals surface area contributed by atoms with E-state index in [0.717, 1.165) is 11.1 Å². The fraction of sp³-hybridized carbons (Fsp3) is 0.533. The standard InChI is InChI=1S/C15H21NO4S/c1-20-15(17)10-12-4-2-3-5-13(12)11-16-14-6-8-21(18,19)9-7-14/h2-5,14,16H,6-11H2,1H3. The van der Waals surface area contributed by atoms with Crippen molar-refractivity contribution in [3.63, 3.8) is 0 Å². The Hall–Kier alpha value is -1.40. The predicted molar refractivity (Wildman–Crippen MR) is 80.7 cm³/mol. The highest BCUT2D eigenvalue weighted by molar-refractivity contribution is 7.91. The predicted octanol–water partition coefficient (Wildman–Crippen LogP) is 1.07. The van der Waals surface area contributed by atoms with E-state index in [2.05, 4.69) is 5.32 Å². The molecule has 116 valence electrons. The first-order chi connectivity index (χ1) is 10.00. The van der Waals surface area contributed by atoms with Crippen LogP contribution in [0.15, 0.2) is 24.3 Å². The Morgan fingerprint density at radius 2 is 1.86 bits per heavy atom. The van der Waals surface area contributed by atoms with Gasteiger partial charge in [-0.1, -0.05) is 24.3 Å². The number of nitrogens with one attached hydrogen (secondary N) is 1. The van der Waals surface area contributed by atoms with Gasteiger partial charge in [-0.05, 0) is 24.0 Å². The molecule has 0 radical (unpaired) electrons. The number of rotatable bonds is 5. The Labute approximate surface area is 125 Å². The van der Waals surface area contributed by atoms with Crippen LogP contribution in [0.2, 0.25) is 0 Å². The molecule has 1 saturated heterocycles. The maximum absolute atomic E-state index is 11.4.